The molecule has 0 amide bonds. The average molecular weight is 422 g/mol. The first-order chi connectivity index (χ1) is 15.0. The molecule has 1 N–H and O–H groups in total. The summed E-state index contributed by atoms with van der Waals surface area (Å²) in [5, 5.41) is 11.6. The van der Waals surface area contributed by atoms with Crippen LogP contribution in [-0.4, -0.2) is 55.1 Å². The number of hydrogen-bond donors (Lipinski definition) is 1. The second kappa shape index (κ2) is 7.51. The lowest BCUT2D eigenvalue weighted by molar-refractivity contribution is 0.487. The topological polar surface area (TPSA) is 116 Å². The zero-order valence-corrected chi connectivity index (χ0v) is 17.3. The number of nitrogens with zero attached hydrogens (tertiary/aromatic N) is 7. The van der Waals surface area contributed by atoms with Gasteiger partial charge in [-0.05, 0) is 12.1 Å². The van der Waals surface area contributed by atoms with Crippen LogP contribution in [0, 0.1) is 0 Å². The minimum absolute atomic E-state index is 0.170. The van der Waals surface area contributed by atoms with E-state index in [-0.39, 0.29) is 6.54 Å². The van der Waals surface area contributed by atoms with Gasteiger partial charge in [-0.2, -0.15) is 4.98 Å². The maximum Gasteiger partial charge on any atom is 0.332 e. The van der Waals surface area contributed by atoms with E-state index < -0.39 is 11.2 Å². The van der Waals surface area contributed by atoms with Gasteiger partial charge in [0.1, 0.15) is 6.54 Å². The van der Waals surface area contributed by atoms with Crippen LogP contribution in [0.2, 0.25) is 0 Å². The molecule has 0 spiro atoms. The Labute approximate surface area is 176 Å². The van der Waals surface area contributed by atoms with E-state index in [1.807, 2.05) is 30.3 Å². The Morgan fingerprint density at radius 1 is 1.03 bits per heavy atom. The van der Waals surface area contributed by atoms with Gasteiger partial charge in [0.15, 0.2) is 11.2 Å². The molecule has 1 fully saturated rings. The molecule has 31 heavy (non-hydrogen) atoms. The SMILES string of the molecule is Cn1c(=O)c2c(nc(N3CCNCC3)n2Cc2nnc(-c3ccccc3)o2)n(C)c1=O. The third-order valence-electron chi connectivity index (χ3n) is 5.51. The van der Waals surface area contributed by atoms with E-state index in [4.69, 9.17) is 4.42 Å². The molecule has 4 heterocycles. The third kappa shape index (κ3) is 3.22. The van der Waals surface area contributed by atoms with Crippen molar-refractivity contribution >= 4 is 17.1 Å². The van der Waals surface area contributed by atoms with Crippen molar-refractivity contribution in [3.63, 3.8) is 0 Å². The van der Waals surface area contributed by atoms with Crippen LogP contribution < -0.4 is 21.5 Å². The molecular weight excluding hydrogens is 400 g/mol. The minimum Gasteiger partial charge on any atom is -0.419 e. The maximum absolute atomic E-state index is 13.0. The van der Waals surface area contributed by atoms with Crippen molar-refractivity contribution in [1.29, 1.82) is 0 Å². The first-order valence-corrected chi connectivity index (χ1v) is 10.0. The predicted molar refractivity (Wildman–Crippen MR) is 114 cm³/mol. The highest BCUT2D eigenvalue weighted by Gasteiger charge is 2.25. The molecule has 4 aromatic rings. The van der Waals surface area contributed by atoms with Gasteiger partial charge in [-0.3, -0.25) is 18.5 Å². The van der Waals surface area contributed by atoms with Crippen molar-refractivity contribution in [1.82, 2.24) is 34.2 Å². The monoisotopic (exact) mass is 422 g/mol. The Morgan fingerprint density at radius 3 is 2.52 bits per heavy atom. The normalized spacial score (nSPS) is 14.5. The van der Waals surface area contributed by atoms with Gasteiger partial charge in [-0.15, -0.1) is 10.2 Å². The number of hydrogen-bond acceptors (Lipinski definition) is 8. The van der Waals surface area contributed by atoms with Crippen molar-refractivity contribution in [3.05, 3.63) is 57.1 Å². The van der Waals surface area contributed by atoms with Gasteiger partial charge < -0.3 is 14.6 Å². The van der Waals surface area contributed by atoms with Crippen molar-refractivity contribution in [2.45, 2.75) is 6.54 Å². The molecule has 0 atom stereocenters. The largest absolute Gasteiger partial charge is 0.419 e. The minimum atomic E-state index is -0.418. The molecule has 11 heteroatoms. The van der Waals surface area contributed by atoms with E-state index in [2.05, 4.69) is 25.4 Å². The highest BCUT2D eigenvalue weighted by atomic mass is 16.4. The lowest BCUT2D eigenvalue weighted by Crippen LogP contribution is -2.44. The van der Waals surface area contributed by atoms with Gasteiger partial charge in [0.05, 0.1) is 0 Å². The Kier molecular flexibility index (Phi) is 4.66. The van der Waals surface area contributed by atoms with Crippen LogP contribution in [0.3, 0.4) is 0 Å². The number of piperazine rings is 1. The summed E-state index contributed by atoms with van der Waals surface area (Å²) in [5.41, 5.74) is 0.660. The number of anilines is 1. The quantitative estimate of drug-likeness (QED) is 0.486. The molecule has 1 saturated heterocycles. The van der Waals surface area contributed by atoms with Gasteiger partial charge >= 0.3 is 5.69 Å². The fourth-order valence-electron chi connectivity index (χ4n) is 3.84. The standard InChI is InChI=1S/C20H22N8O3/c1-25-16-15(18(29)26(2)20(25)30)28(19(22-16)27-10-8-21-9-11-27)12-14-23-24-17(31-14)13-6-4-3-5-7-13/h3-7,21H,8-12H2,1-2H3. The number of fused-ring (bicyclic) bond motifs is 1. The third-order valence-corrected chi connectivity index (χ3v) is 5.51. The van der Waals surface area contributed by atoms with Crippen LogP contribution in [0.25, 0.3) is 22.6 Å². The molecule has 0 unspecified atom stereocenters. The van der Waals surface area contributed by atoms with Gasteiger partial charge in [0.2, 0.25) is 17.7 Å². The molecule has 1 aliphatic rings. The Bertz CT molecular complexity index is 1360. The van der Waals surface area contributed by atoms with Gasteiger partial charge in [-0.25, -0.2) is 4.79 Å². The maximum atomic E-state index is 13.0. The Hall–Kier alpha value is -3.73. The van der Waals surface area contributed by atoms with Crippen LogP contribution in [0.1, 0.15) is 5.89 Å². The fraction of sp³-hybridized carbons (Fsp3) is 0.350. The number of nitrogens with one attached hydrogen (secondary N) is 1. The van der Waals surface area contributed by atoms with E-state index in [1.165, 1.54) is 11.6 Å². The average Bonchev–Trinajstić information content (AvgIpc) is 3.43. The smallest absolute Gasteiger partial charge is 0.332 e. The lowest BCUT2D eigenvalue weighted by Gasteiger charge is -2.28. The fourth-order valence-corrected chi connectivity index (χ4v) is 3.84. The molecule has 160 valence electrons. The summed E-state index contributed by atoms with van der Waals surface area (Å²) in [5.74, 6) is 1.36. The summed E-state index contributed by atoms with van der Waals surface area (Å²) in [4.78, 5) is 32.2. The molecule has 0 bridgehead atoms. The van der Waals surface area contributed by atoms with E-state index in [0.717, 1.165) is 36.3 Å². The summed E-state index contributed by atoms with van der Waals surface area (Å²) in [6.07, 6.45) is 0. The molecule has 1 aromatic carbocycles. The van der Waals surface area contributed by atoms with E-state index >= 15 is 0 Å². The highest BCUT2D eigenvalue weighted by molar-refractivity contribution is 5.74. The van der Waals surface area contributed by atoms with Crippen molar-refractivity contribution in [2.24, 2.45) is 14.1 Å². The number of rotatable bonds is 4. The summed E-state index contributed by atoms with van der Waals surface area (Å²) >= 11 is 0. The lowest BCUT2D eigenvalue weighted by atomic mass is 10.2. The summed E-state index contributed by atoms with van der Waals surface area (Å²) in [6.45, 7) is 3.24. The van der Waals surface area contributed by atoms with Gasteiger partial charge in [-0.1, -0.05) is 18.2 Å². The molecule has 3 aromatic heterocycles. The molecule has 5 rings (SSSR count). The van der Waals surface area contributed by atoms with Crippen LogP contribution in [0.4, 0.5) is 5.95 Å². The number of aryl methyl sites for hydroxylation is 1. The molecule has 1 aliphatic heterocycles. The Balaban J connectivity index is 1.65. The molecule has 0 aliphatic carbocycles. The van der Waals surface area contributed by atoms with Crippen LogP contribution in [-0.2, 0) is 20.6 Å². The van der Waals surface area contributed by atoms with Crippen LogP contribution in [0.15, 0.2) is 44.3 Å². The van der Waals surface area contributed by atoms with Crippen molar-refractivity contribution < 1.29 is 4.42 Å². The van der Waals surface area contributed by atoms with Crippen molar-refractivity contribution in [3.8, 4) is 11.5 Å². The predicted octanol–water partition coefficient (Wildman–Crippen LogP) is -0.0584. The van der Waals surface area contributed by atoms with Crippen molar-refractivity contribution in [2.75, 3.05) is 31.1 Å². The summed E-state index contributed by atoms with van der Waals surface area (Å²) in [6, 6.07) is 9.49. The molecule has 11 nitrogen and oxygen atoms in total. The first-order valence-electron chi connectivity index (χ1n) is 10.0. The second-order valence-electron chi connectivity index (χ2n) is 7.48. The number of benzene rings is 1. The summed E-state index contributed by atoms with van der Waals surface area (Å²) in [7, 11) is 3.08. The summed E-state index contributed by atoms with van der Waals surface area (Å²) < 4.78 is 10.1. The van der Waals surface area contributed by atoms with Gasteiger partial charge in [0.25, 0.3) is 5.56 Å². The number of imidazole rings is 1. The van der Waals surface area contributed by atoms with E-state index in [9.17, 15) is 9.59 Å². The second-order valence-corrected chi connectivity index (χ2v) is 7.48. The van der Waals surface area contributed by atoms with E-state index in [1.54, 1.807) is 11.6 Å². The van der Waals surface area contributed by atoms with Gasteiger partial charge in [0, 0.05) is 45.8 Å². The molecule has 0 radical (unpaired) electrons. The molecular formula is C20H22N8O3. The first kappa shape index (κ1) is 19.2. The van der Waals surface area contributed by atoms with Crippen LogP contribution >= 0.6 is 0 Å². The zero-order chi connectivity index (χ0) is 21.5. The van der Waals surface area contributed by atoms with Crippen LogP contribution in [0.5, 0.6) is 0 Å². The van der Waals surface area contributed by atoms with E-state index in [0.29, 0.717) is 28.9 Å². The molecule has 0 saturated carbocycles. The Morgan fingerprint density at radius 2 is 1.77 bits per heavy atom. The highest BCUT2D eigenvalue weighted by Crippen LogP contribution is 2.23. The zero-order valence-electron chi connectivity index (χ0n) is 17.3. The number of aromatic nitrogens is 6.